The van der Waals surface area contributed by atoms with Crippen molar-refractivity contribution in [2.75, 3.05) is 32.7 Å². The summed E-state index contributed by atoms with van der Waals surface area (Å²) in [5, 5.41) is 8.97. The Morgan fingerprint density at radius 3 is 2.33 bits per heavy atom. The predicted molar refractivity (Wildman–Crippen MR) is 107 cm³/mol. The number of piperazine rings is 1. The van der Waals surface area contributed by atoms with Crippen molar-refractivity contribution in [1.29, 1.82) is 0 Å². The molecule has 0 N–H and O–H groups in total. The molecule has 1 fully saturated rings. The highest BCUT2D eigenvalue weighted by Gasteiger charge is 2.19. The summed E-state index contributed by atoms with van der Waals surface area (Å²) in [6.45, 7) is 5.95. The largest absolute Gasteiger partial charge is 0.419 e. The molecule has 4 rings (SSSR count). The lowest BCUT2D eigenvalue weighted by atomic mass is 10.1. The van der Waals surface area contributed by atoms with E-state index < -0.39 is 0 Å². The third-order valence-electron chi connectivity index (χ3n) is 4.95. The van der Waals surface area contributed by atoms with E-state index in [4.69, 9.17) is 16.0 Å². The maximum atomic E-state index is 6.21. The Kier molecular flexibility index (Phi) is 5.82. The molecule has 1 aromatic heterocycles. The van der Waals surface area contributed by atoms with E-state index in [1.165, 1.54) is 5.56 Å². The molecular weight excluding hydrogens is 360 g/mol. The molecule has 6 heteroatoms. The molecule has 140 valence electrons. The summed E-state index contributed by atoms with van der Waals surface area (Å²) in [6, 6.07) is 18.2. The van der Waals surface area contributed by atoms with Crippen LogP contribution in [-0.2, 0) is 13.0 Å². The van der Waals surface area contributed by atoms with Gasteiger partial charge in [-0.25, -0.2) is 0 Å². The molecule has 0 atom stereocenters. The quantitative estimate of drug-likeness (QED) is 0.649. The molecule has 3 aromatic rings. The minimum Gasteiger partial charge on any atom is -0.419 e. The third-order valence-corrected chi connectivity index (χ3v) is 5.28. The van der Waals surface area contributed by atoms with Crippen molar-refractivity contribution in [3.63, 3.8) is 0 Å². The lowest BCUT2D eigenvalue weighted by molar-refractivity contribution is 0.120. The first-order valence-electron chi connectivity index (χ1n) is 9.34. The maximum Gasteiger partial charge on any atom is 0.249 e. The van der Waals surface area contributed by atoms with Crippen LogP contribution in [-0.4, -0.2) is 52.7 Å². The van der Waals surface area contributed by atoms with Crippen molar-refractivity contribution in [3.8, 4) is 11.5 Å². The van der Waals surface area contributed by atoms with Crippen molar-refractivity contribution in [2.45, 2.75) is 13.0 Å². The number of hydrogen-bond acceptors (Lipinski definition) is 5. The standard InChI is InChI=1S/C21H23ClN4O/c22-19-9-5-4-8-18(19)21-24-23-20(27-21)16-26-14-12-25(13-15-26)11-10-17-6-2-1-3-7-17/h1-9H,10-16H2. The first kappa shape index (κ1) is 18.2. The Morgan fingerprint density at radius 2 is 1.56 bits per heavy atom. The highest BCUT2D eigenvalue weighted by molar-refractivity contribution is 6.33. The van der Waals surface area contributed by atoms with Gasteiger partial charge in [0.05, 0.1) is 17.1 Å². The fraction of sp³-hybridized carbons (Fsp3) is 0.333. The number of nitrogens with zero attached hydrogens (tertiary/aromatic N) is 4. The number of aromatic nitrogens is 2. The zero-order valence-electron chi connectivity index (χ0n) is 15.2. The van der Waals surface area contributed by atoms with Gasteiger partial charge >= 0.3 is 0 Å². The fourth-order valence-corrected chi connectivity index (χ4v) is 3.57. The van der Waals surface area contributed by atoms with Crippen LogP contribution in [0.4, 0.5) is 0 Å². The van der Waals surface area contributed by atoms with Gasteiger partial charge in [0.1, 0.15) is 0 Å². The molecule has 2 heterocycles. The monoisotopic (exact) mass is 382 g/mol. The van der Waals surface area contributed by atoms with Crippen LogP contribution in [0.15, 0.2) is 59.0 Å². The van der Waals surface area contributed by atoms with E-state index in [-0.39, 0.29) is 0 Å². The highest BCUT2D eigenvalue weighted by Crippen LogP contribution is 2.26. The number of benzene rings is 2. The molecule has 0 unspecified atom stereocenters. The second-order valence-corrected chi connectivity index (χ2v) is 7.24. The molecule has 1 aliphatic rings. The van der Waals surface area contributed by atoms with Crippen LogP contribution >= 0.6 is 11.6 Å². The normalized spacial score (nSPS) is 15.9. The van der Waals surface area contributed by atoms with Crippen LogP contribution < -0.4 is 0 Å². The van der Waals surface area contributed by atoms with Crippen LogP contribution in [0.1, 0.15) is 11.5 Å². The molecule has 1 saturated heterocycles. The molecular formula is C21H23ClN4O. The van der Waals surface area contributed by atoms with Crippen molar-refractivity contribution in [3.05, 3.63) is 71.1 Å². The zero-order valence-corrected chi connectivity index (χ0v) is 16.0. The molecule has 0 bridgehead atoms. The van der Waals surface area contributed by atoms with Gasteiger partial charge in [0.15, 0.2) is 0 Å². The second-order valence-electron chi connectivity index (χ2n) is 6.83. The van der Waals surface area contributed by atoms with E-state index in [0.29, 0.717) is 23.3 Å². The van der Waals surface area contributed by atoms with Gasteiger partial charge in [0.25, 0.3) is 0 Å². The lowest BCUT2D eigenvalue weighted by Gasteiger charge is -2.33. The fourth-order valence-electron chi connectivity index (χ4n) is 3.36. The van der Waals surface area contributed by atoms with E-state index >= 15 is 0 Å². The van der Waals surface area contributed by atoms with Gasteiger partial charge in [-0.2, -0.15) is 0 Å². The predicted octanol–water partition coefficient (Wildman–Crippen LogP) is 3.75. The molecule has 5 nitrogen and oxygen atoms in total. The van der Waals surface area contributed by atoms with Gasteiger partial charge in [-0.1, -0.05) is 54.1 Å². The van der Waals surface area contributed by atoms with E-state index in [2.05, 4.69) is 50.3 Å². The van der Waals surface area contributed by atoms with Crippen LogP contribution in [0.3, 0.4) is 0 Å². The van der Waals surface area contributed by atoms with Crippen LogP contribution in [0.25, 0.3) is 11.5 Å². The van der Waals surface area contributed by atoms with Crippen molar-refractivity contribution in [2.24, 2.45) is 0 Å². The van der Waals surface area contributed by atoms with Gasteiger partial charge in [-0.3, -0.25) is 4.90 Å². The maximum absolute atomic E-state index is 6.21. The van der Waals surface area contributed by atoms with E-state index in [1.54, 1.807) is 0 Å². The Labute approximate surface area is 164 Å². The number of rotatable bonds is 6. The summed E-state index contributed by atoms with van der Waals surface area (Å²) >= 11 is 6.21. The third kappa shape index (κ3) is 4.75. The zero-order chi connectivity index (χ0) is 18.5. The van der Waals surface area contributed by atoms with Gasteiger partial charge in [-0.15, -0.1) is 10.2 Å². The topological polar surface area (TPSA) is 45.4 Å². The lowest BCUT2D eigenvalue weighted by Crippen LogP contribution is -2.46. The Balaban J connectivity index is 1.27. The molecule has 2 aromatic carbocycles. The van der Waals surface area contributed by atoms with Crippen molar-refractivity contribution in [1.82, 2.24) is 20.0 Å². The van der Waals surface area contributed by atoms with E-state index in [1.807, 2.05) is 24.3 Å². The Hall–Kier alpha value is -2.21. The second kappa shape index (κ2) is 8.65. The molecule has 1 aliphatic heterocycles. The molecule has 0 radical (unpaired) electrons. The van der Waals surface area contributed by atoms with Crippen molar-refractivity contribution < 1.29 is 4.42 Å². The molecule has 27 heavy (non-hydrogen) atoms. The Morgan fingerprint density at radius 1 is 0.852 bits per heavy atom. The smallest absolute Gasteiger partial charge is 0.249 e. The molecule has 0 aliphatic carbocycles. The van der Waals surface area contributed by atoms with Gasteiger partial charge in [0, 0.05) is 32.7 Å². The minimum atomic E-state index is 0.483. The molecule has 0 amide bonds. The van der Waals surface area contributed by atoms with Crippen LogP contribution in [0.2, 0.25) is 5.02 Å². The van der Waals surface area contributed by atoms with E-state index in [9.17, 15) is 0 Å². The summed E-state index contributed by atoms with van der Waals surface area (Å²) < 4.78 is 5.82. The summed E-state index contributed by atoms with van der Waals surface area (Å²) in [5.41, 5.74) is 2.18. The van der Waals surface area contributed by atoms with Crippen molar-refractivity contribution >= 4 is 11.6 Å². The molecule has 0 saturated carbocycles. The summed E-state index contributed by atoms with van der Waals surface area (Å²) in [7, 11) is 0. The average Bonchev–Trinajstić information content (AvgIpc) is 3.17. The first-order chi connectivity index (χ1) is 13.3. The summed E-state index contributed by atoms with van der Waals surface area (Å²) in [6.07, 6.45) is 1.10. The highest BCUT2D eigenvalue weighted by atomic mass is 35.5. The SMILES string of the molecule is Clc1ccccc1-c1nnc(CN2CCN(CCc3ccccc3)CC2)o1. The Bertz CT molecular complexity index is 859. The molecule has 0 spiro atoms. The number of halogens is 1. The van der Waals surface area contributed by atoms with Crippen LogP contribution in [0, 0.1) is 0 Å². The van der Waals surface area contributed by atoms with Gasteiger partial charge in [0.2, 0.25) is 11.8 Å². The van der Waals surface area contributed by atoms with Gasteiger partial charge in [-0.05, 0) is 24.1 Å². The first-order valence-corrected chi connectivity index (χ1v) is 9.71. The minimum absolute atomic E-state index is 0.483. The average molecular weight is 383 g/mol. The summed E-state index contributed by atoms with van der Waals surface area (Å²) in [5.74, 6) is 1.12. The van der Waals surface area contributed by atoms with Crippen LogP contribution in [0.5, 0.6) is 0 Å². The number of hydrogen-bond donors (Lipinski definition) is 0. The van der Waals surface area contributed by atoms with E-state index in [0.717, 1.165) is 44.7 Å². The van der Waals surface area contributed by atoms with Gasteiger partial charge < -0.3 is 9.32 Å². The summed E-state index contributed by atoms with van der Waals surface area (Å²) in [4.78, 5) is 4.88.